The van der Waals surface area contributed by atoms with Crippen LogP contribution in [-0.4, -0.2) is 48.1 Å². The van der Waals surface area contributed by atoms with E-state index in [0.717, 1.165) is 56.9 Å². The minimum atomic E-state index is -0.534. The average molecular weight is 345 g/mol. The van der Waals surface area contributed by atoms with Gasteiger partial charge in [0.05, 0.1) is 18.0 Å². The van der Waals surface area contributed by atoms with Crippen LogP contribution in [-0.2, 0) is 9.47 Å². The van der Waals surface area contributed by atoms with Crippen LogP contribution in [0.2, 0.25) is 0 Å². The SMILES string of the molecule is CC(C)(C)OC(=O)c1cc(N2CC3CCOCC3C2)c(C2CC2)nn1. The maximum Gasteiger partial charge on any atom is 0.359 e. The fourth-order valence-electron chi connectivity index (χ4n) is 3.84. The van der Waals surface area contributed by atoms with Crippen molar-refractivity contribution in [3.63, 3.8) is 0 Å². The van der Waals surface area contributed by atoms with Gasteiger partial charge in [-0.3, -0.25) is 0 Å². The molecule has 25 heavy (non-hydrogen) atoms. The first-order valence-electron chi connectivity index (χ1n) is 9.34. The van der Waals surface area contributed by atoms with Crippen molar-refractivity contribution in [1.82, 2.24) is 10.2 Å². The van der Waals surface area contributed by atoms with Crippen molar-refractivity contribution in [3.05, 3.63) is 17.5 Å². The van der Waals surface area contributed by atoms with Gasteiger partial charge in [-0.25, -0.2) is 4.79 Å². The molecule has 3 aliphatic rings. The predicted molar refractivity (Wildman–Crippen MR) is 93.8 cm³/mol. The molecule has 2 aliphatic heterocycles. The fraction of sp³-hybridized carbons (Fsp3) is 0.737. The highest BCUT2D eigenvalue weighted by Crippen LogP contribution is 2.45. The molecule has 136 valence electrons. The third-order valence-electron chi connectivity index (χ3n) is 5.26. The normalized spacial score (nSPS) is 26.4. The molecule has 1 aliphatic carbocycles. The van der Waals surface area contributed by atoms with Crippen molar-refractivity contribution in [2.24, 2.45) is 11.8 Å². The van der Waals surface area contributed by atoms with Crippen LogP contribution in [0.3, 0.4) is 0 Å². The lowest BCUT2D eigenvalue weighted by Gasteiger charge is -2.23. The summed E-state index contributed by atoms with van der Waals surface area (Å²) in [5.41, 5.74) is 1.90. The number of aromatic nitrogens is 2. The van der Waals surface area contributed by atoms with Gasteiger partial charge in [0, 0.05) is 31.5 Å². The predicted octanol–water partition coefficient (Wildman–Crippen LogP) is 2.78. The molecular formula is C19H27N3O3. The number of carbonyl (C=O) groups excluding carboxylic acids is 1. The first-order valence-corrected chi connectivity index (χ1v) is 9.34. The van der Waals surface area contributed by atoms with E-state index in [0.29, 0.717) is 23.4 Å². The summed E-state index contributed by atoms with van der Waals surface area (Å²) in [5, 5.41) is 8.60. The zero-order valence-electron chi connectivity index (χ0n) is 15.3. The lowest BCUT2D eigenvalue weighted by Crippen LogP contribution is -2.26. The molecule has 3 fully saturated rings. The summed E-state index contributed by atoms with van der Waals surface area (Å²) in [6.07, 6.45) is 3.45. The van der Waals surface area contributed by atoms with Gasteiger partial charge in [-0.2, -0.15) is 5.10 Å². The fourth-order valence-corrected chi connectivity index (χ4v) is 3.84. The molecule has 0 bridgehead atoms. The number of hydrogen-bond donors (Lipinski definition) is 0. The Balaban J connectivity index is 1.61. The minimum absolute atomic E-state index is 0.306. The molecule has 6 heteroatoms. The van der Waals surface area contributed by atoms with E-state index >= 15 is 0 Å². The Morgan fingerprint density at radius 3 is 2.64 bits per heavy atom. The van der Waals surface area contributed by atoms with E-state index in [-0.39, 0.29) is 0 Å². The topological polar surface area (TPSA) is 64.5 Å². The number of hydrogen-bond acceptors (Lipinski definition) is 6. The van der Waals surface area contributed by atoms with Gasteiger partial charge in [-0.15, -0.1) is 5.10 Å². The first-order chi connectivity index (χ1) is 11.9. The number of ether oxygens (including phenoxy) is 2. The van der Waals surface area contributed by atoms with Crippen LogP contribution in [0.5, 0.6) is 0 Å². The maximum absolute atomic E-state index is 12.4. The second-order valence-corrected chi connectivity index (χ2v) is 8.56. The van der Waals surface area contributed by atoms with E-state index in [1.54, 1.807) is 0 Å². The molecule has 1 aromatic heterocycles. The number of fused-ring (bicyclic) bond motifs is 1. The summed E-state index contributed by atoms with van der Waals surface area (Å²) in [5.74, 6) is 1.36. The third kappa shape index (κ3) is 3.64. The Bertz CT molecular complexity index is 652. The highest BCUT2D eigenvalue weighted by molar-refractivity contribution is 5.88. The van der Waals surface area contributed by atoms with Crippen LogP contribution >= 0.6 is 0 Å². The number of nitrogens with zero attached hydrogens (tertiary/aromatic N) is 3. The lowest BCUT2D eigenvalue weighted by molar-refractivity contribution is 0.00615. The van der Waals surface area contributed by atoms with Gasteiger partial charge < -0.3 is 14.4 Å². The smallest absolute Gasteiger partial charge is 0.359 e. The number of rotatable bonds is 3. The Hall–Kier alpha value is -1.69. The van der Waals surface area contributed by atoms with Gasteiger partial charge in [-0.05, 0) is 52.0 Å². The van der Waals surface area contributed by atoms with Crippen molar-refractivity contribution in [2.45, 2.75) is 51.6 Å². The molecule has 6 nitrogen and oxygen atoms in total. The first kappa shape index (κ1) is 16.8. The van der Waals surface area contributed by atoms with E-state index in [4.69, 9.17) is 9.47 Å². The van der Waals surface area contributed by atoms with Gasteiger partial charge in [0.25, 0.3) is 0 Å². The van der Waals surface area contributed by atoms with Crippen molar-refractivity contribution in [2.75, 3.05) is 31.2 Å². The van der Waals surface area contributed by atoms with E-state index in [9.17, 15) is 4.79 Å². The van der Waals surface area contributed by atoms with Crippen molar-refractivity contribution < 1.29 is 14.3 Å². The van der Waals surface area contributed by atoms with Crippen LogP contribution in [0, 0.1) is 11.8 Å². The summed E-state index contributed by atoms with van der Waals surface area (Å²) >= 11 is 0. The molecule has 4 rings (SSSR count). The molecule has 0 N–H and O–H groups in total. The molecule has 2 atom stereocenters. The number of carbonyl (C=O) groups is 1. The molecular weight excluding hydrogens is 318 g/mol. The molecule has 2 saturated heterocycles. The van der Waals surface area contributed by atoms with Gasteiger partial charge in [0.15, 0.2) is 5.69 Å². The van der Waals surface area contributed by atoms with Crippen LogP contribution in [0.1, 0.15) is 62.1 Å². The molecule has 0 aromatic carbocycles. The van der Waals surface area contributed by atoms with E-state index < -0.39 is 11.6 Å². The van der Waals surface area contributed by atoms with Crippen LogP contribution in [0.15, 0.2) is 6.07 Å². The monoisotopic (exact) mass is 345 g/mol. The number of esters is 1. The highest BCUT2D eigenvalue weighted by Gasteiger charge is 2.38. The third-order valence-corrected chi connectivity index (χ3v) is 5.26. The molecule has 0 radical (unpaired) electrons. The van der Waals surface area contributed by atoms with E-state index in [1.807, 2.05) is 26.8 Å². The van der Waals surface area contributed by atoms with E-state index in [2.05, 4.69) is 15.1 Å². The van der Waals surface area contributed by atoms with Crippen molar-refractivity contribution >= 4 is 11.7 Å². The molecule has 0 spiro atoms. The van der Waals surface area contributed by atoms with Crippen LogP contribution in [0.4, 0.5) is 5.69 Å². The highest BCUT2D eigenvalue weighted by atomic mass is 16.6. The summed E-state index contributed by atoms with van der Waals surface area (Å²) in [6, 6.07) is 1.90. The number of anilines is 1. The average Bonchev–Trinajstić information content (AvgIpc) is 3.31. The Labute approximate surface area is 148 Å². The summed E-state index contributed by atoms with van der Waals surface area (Å²) < 4.78 is 11.1. The maximum atomic E-state index is 12.4. The Morgan fingerprint density at radius 2 is 1.96 bits per heavy atom. The van der Waals surface area contributed by atoms with Crippen LogP contribution in [0.25, 0.3) is 0 Å². The standard InChI is InChI=1S/C19H27N3O3/c1-19(2,3)25-18(23)15-8-16(17(21-20-15)12-4-5-12)22-9-13-6-7-24-11-14(13)10-22/h8,12-14H,4-7,9-11H2,1-3H3. The molecule has 3 heterocycles. The van der Waals surface area contributed by atoms with Crippen molar-refractivity contribution in [3.8, 4) is 0 Å². The molecule has 1 saturated carbocycles. The van der Waals surface area contributed by atoms with Gasteiger partial charge in [0.2, 0.25) is 0 Å². The second-order valence-electron chi connectivity index (χ2n) is 8.56. The zero-order chi connectivity index (χ0) is 17.6. The molecule has 2 unspecified atom stereocenters. The summed E-state index contributed by atoms with van der Waals surface area (Å²) in [6.45, 7) is 9.30. The van der Waals surface area contributed by atoms with Gasteiger partial charge >= 0.3 is 5.97 Å². The summed E-state index contributed by atoms with van der Waals surface area (Å²) in [4.78, 5) is 14.8. The van der Waals surface area contributed by atoms with Gasteiger partial charge in [-0.1, -0.05) is 0 Å². The van der Waals surface area contributed by atoms with Crippen molar-refractivity contribution in [1.29, 1.82) is 0 Å². The quantitative estimate of drug-likeness (QED) is 0.785. The largest absolute Gasteiger partial charge is 0.455 e. The minimum Gasteiger partial charge on any atom is -0.455 e. The Kier molecular flexibility index (Phi) is 4.18. The molecule has 1 aromatic rings. The summed E-state index contributed by atoms with van der Waals surface area (Å²) in [7, 11) is 0. The molecule has 0 amide bonds. The van der Waals surface area contributed by atoms with E-state index in [1.165, 1.54) is 0 Å². The van der Waals surface area contributed by atoms with Gasteiger partial charge in [0.1, 0.15) is 5.60 Å². The van der Waals surface area contributed by atoms with Crippen LogP contribution < -0.4 is 4.90 Å². The zero-order valence-corrected chi connectivity index (χ0v) is 15.3. The lowest BCUT2D eigenvalue weighted by atomic mass is 9.92. The Morgan fingerprint density at radius 1 is 1.20 bits per heavy atom. The second kappa shape index (κ2) is 6.24.